The van der Waals surface area contributed by atoms with Crippen molar-refractivity contribution < 1.29 is 20.1 Å². The van der Waals surface area contributed by atoms with Crippen molar-refractivity contribution in [3.8, 4) is 22.3 Å². The summed E-state index contributed by atoms with van der Waals surface area (Å²) >= 11 is -2.14. The molecule has 0 aliphatic heterocycles. The monoisotopic (exact) mass is 620 g/mol. The van der Waals surface area contributed by atoms with Crippen molar-refractivity contribution >= 4 is 17.6 Å². The van der Waals surface area contributed by atoms with Gasteiger partial charge in [-0.2, -0.15) is 0 Å². The normalized spacial score (nSPS) is 17.5. The van der Waals surface area contributed by atoms with Crippen molar-refractivity contribution in [2.24, 2.45) is 0 Å². The Morgan fingerprint density at radius 2 is 0.971 bits per heavy atom. The molecular weight excluding hydrogens is 591 g/mol. The van der Waals surface area contributed by atoms with Crippen molar-refractivity contribution in [2.75, 3.05) is 0 Å². The van der Waals surface area contributed by atoms with Gasteiger partial charge in [0.25, 0.3) is 0 Å². The minimum atomic E-state index is -2.14. The Labute approximate surface area is 210 Å². The summed E-state index contributed by atoms with van der Waals surface area (Å²) in [7, 11) is 0. The van der Waals surface area contributed by atoms with Crippen LogP contribution in [0.4, 0.5) is 0 Å². The van der Waals surface area contributed by atoms with Crippen LogP contribution in [0.5, 0.6) is 0 Å². The number of fused-ring (bicyclic) bond motifs is 2. The van der Waals surface area contributed by atoms with Crippen molar-refractivity contribution in [2.45, 2.75) is 20.4 Å². The number of allylic oxidation sites excluding steroid dienone is 2. The second-order valence-corrected chi connectivity index (χ2v) is 34.7. The van der Waals surface area contributed by atoms with Gasteiger partial charge >= 0.3 is 212 Å². The van der Waals surface area contributed by atoms with Crippen LogP contribution in [0.2, 0.25) is 13.1 Å². The second kappa shape index (κ2) is 9.24. The molecule has 164 valence electrons. The third-order valence-electron chi connectivity index (χ3n) is 7.28. The molecular formula is C32H28HfSi. The average Bonchev–Trinajstić information content (AvgIpc) is 3.50. The van der Waals surface area contributed by atoms with Gasteiger partial charge in [-0.3, -0.25) is 0 Å². The minimum absolute atomic E-state index is 0.365. The van der Waals surface area contributed by atoms with Crippen LogP contribution >= 0.6 is 0 Å². The van der Waals surface area contributed by atoms with Gasteiger partial charge in [-0.05, 0) is 0 Å². The third kappa shape index (κ3) is 3.78. The summed E-state index contributed by atoms with van der Waals surface area (Å²) in [6.07, 6.45) is 10.1. The molecule has 6 rings (SSSR count). The molecule has 2 aliphatic rings. The Kier molecular flexibility index (Phi) is 5.97. The van der Waals surface area contributed by atoms with E-state index in [9.17, 15) is 0 Å². The van der Waals surface area contributed by atoms with E-state index >= 15 is 0 Å². The van der Waals surface area contributed by atoms with Gasteiger partial charge in [0.2, 0.25) is 0 Å². The molecule has 2 aliphatic carbocycles. The summed E-state index contributed by atoms with van der Waals surface area (Å²) in [5.41, 5.74) is 11.2. The summed E-state index contributed by atoms with van der Waals surface area (Å²) < 4.78 is 1.35. The molecule has 0 amide bonds. The fraction of sp³-hybridized carbons (Fsp3) is 0.125. The van der Waals surface area contributed by atoms with E-state index in [-0.39, 0.29) is 5.49 Å². The van der Waals surface area contributed by atoms with Gasteiger partial charge in [0.1, 0.15) is 0 Å². The summed E-state index contributed by atoms with van der Waals surface area (Å²) in [5, 5.41) is 0. The van der Waals surface area contributed by atoms with Crippen molar-refractivity contribution in [3.05, 3.63) is 131 Å². The molecule has 0 radical (unpaired) electrons. The first kappa shape index (κ1) is 21.9. The van der Waals surface area contributed by atoms with Gasteiger partial charge in [-0.25, -0.2) is 0 Å². The molecule has 4 aromatic rings. The maximum absolute atomic E-state index is 2.59. The number of rotatable bonds is 4. The van der Waals surface area contributed by atoms with Crippen LogP contribution in [0, 0.1) is 0 Å². The first-order valence-corrected chi connectivity index (χ1v) is 24.2. The van der Waals surface area contributed by atoms with Crippen molar-refractivity contribution in [1.29, 1.82) is 0 Å². The van der Waals surface area contributed by atoms with Gasteiger partial charge in [0.15, 0.2) is 0 Å². The standard InChI is InChI=1S/2C15H11.C2H6Si.Hf/c2*1-2-6-12(7-3-1)14-10-4-8-13-9-5-11-15(13)14;1-3-2;/h2*1-11H;1-2H3;. The van der Waals surface area contributed by atoms with Gasteiger partial charge < -0.3 is 0 Å². The van der Waals surface area contributed by atoms with Crippen LogP contribution in [-0.2, 0) is 20.1 Å². The van der Waals surface area contributed by atoms with Crippen molar-refractivity contribution in [3.63, 3.8) is 0 Å². The molecule has 0 fully saturated rings. The molecule has 0 saturated carbocycles. The quantitative estimate of drug-likeness (QED) is 0.201. The molecule has 2 unspecified atom stereocenters. The predicted octanol–water partition coefficient (Wildman–Crippen LogP) is 8.73. The molecule has 0 aromatic heterocycles. The first-order valence-electron chi connectivity index (χ1n) is 12.1. The zero-order valence-corrected chi connectivity index (χ0v) is 24.3. The number of benzene rings is 4. The maximum atomic E-state index is 2.59. The molecule has 2 heteroatoms. The SMILES string of the molecule is C[Si](C)=[Hf]([CH]1C=Cc2c(-c3ccccc3)cccc21)[CH]1C=Cc2c(-c3ccccc3)cccc21. The Hall–Kier alpha value is -2.55. The van der Waals surface area contributed by atoms with Gasteiger partial charge in [0.05, 0.1) is 0 Å². The molecule has 34 heavy (non-hydrogen) atoms. The Bertz CT molecular complexity index is 1350. The predicted molar refractivity (Wildman–Crippen MR) is 145 cm³/mol. The van der Waals surface area contributed by atoms with E-state index < -0.39 is 20.1 Å². The van der Waals surface area contributed by atoms with E-state index in [0.29, 0.717) is 7.35 Å². The van der Waals surface area contributed by atoms with Gasteiger partial charge in [-0.1, -0.05) is 0 Å². The van der Waals surface area contributed by atoms with E-state index in [2.05, 4.69) is 134 Å². The first-order chi connectivity index (χ1) is 16.7. The molecule has 0 spiro atoms. The number of hydrogen-bond acceptors (Lipinski definition) is 0. The number of hydrogen-bond donors (Lipinski definition) is 0. The second-order valence-electron chi connectivity index (χ2n) is 9.48. The van der Waals surface area contributed by atoms with E-state index in [1.54, 1.807) is 11.1 Å². The zero-order chi connectivity index (χ0) is 23.1. The summed E-state index contributed by atoms with van der Waals surface area (Å²) in [6, 6.07) is 35.8. The van der Waals surface area contributed by atoms with Crippen LogP contribution in [-0.4, -0.2) is 5.49 Å². The molecule has 0 nitrogen and oxygen atoms in total. The Morgan fingerprint density at radius 1 is 0.529 bits per heavy atom. The zero-order valence-electron chi connectivity index (χ0n) is 19.7. The summed E-state index contributed by atoms with van der Waals surface area (Å²) in [4.78, 5) is 0. The van der Waals surface area contributed by atoms with Crippen LogP contribution in [0.3, 0.4) is 0 Å². The Balaban J connectivity index is 1.43. The Morgan fingerprint density at radius 3 is 1.38 bits per heavy atom. The van der Waals surface area contributed by atoms with Gasteiger partial charge in [0, 0.05) is 0 Å². The molecule has 0 N–H and O–H groups in total. The van der Waals surface area contributed by atoms with Crippen LogP contribution < -0.4 is 0 Å². The average molecular weight is 619 g/mol. The fourth-order valence-electron chi connectivity index (χ4n) is 5.77. The summed E-state index contributed by atoms with van der Waals surface area (Å²) in [5.74, 6) is 0. The molecule has 0 heterocycles. The topological polar surface area (TPSA) is 0 Å². The summed E-state index contributed by atoms with van der Waals surface area (Å²) in [6.45, 7) is 5.18. The molecule has 0 bridgehead atoms. The molecule has 4 aromatic carbocycles. The molecule has 2 atom stereocenters. The van der Waals surface area contributed by atoms with E-state index in [4.69, 9.17) is 0 Å². The van der Waals surface area contributed by atoms with E-state index in [0.717, 1.165) is 0 Å². The van der Waals surface area contributed by atoms with Gasteiger partial charge in [-0.15, -0.1) is 0 Å². The van der Waals surface area contributed by atoms with Crippen LogP contribution in [0.25, 0.3) is 34.4 Å². The molecule has 0 saturated heterocycles. The van der Waals surface area contributed by atoms with Crippen LogP contribution in [0.1, 0.15) is 29.6 Å². The van der Waals surface area contributed by atoms with Crippen LogP contribution in [0.15, 0.2) is 109 Å². The fourth-order valence-corrected chi connectivity index (χ4v) is 32.3. The van der Waals surface area contributed by atoms with E-state index in [1.165, 1.54) is 33.4 Å². The van der Waals surface area contributed by atoms with Crippen molar-refractivity contribution in [1.82, 2.24) is 0 Å². The van der Waals surface area contributed by atoms with E-state index in [1.807, 2.05) is 0 Å². The third-order valence-corrected chi connectivity index (χ3v) is 34.4.